The van der Waals surface area contributed by atoms with Gasteiger partial charge in [-0.25, -0.2) is 4.79 Å². The minimum atomic E-state index is -4.26. The van der Waals surface area contributed by atoms with Crippen molar-refractivity contribution in [3.8, 4) is 5.75 Å². The predicted molar refractivity (Wildman–Crippen MR) is 126 cm³/mol. The zero-order valence-corrected chi connectivity index (χ0v) is 19.7. The lowest BCUT2D eigenvalue weighted by Crippen LogP contribution is -2.30. The van der Waals surface area contributed by atoms with E-state index in [1.54, 1.807) is 20.0 Å². The lowest BCUT2D eigenvalue weighted by atomic mass is 10.2. The number of rotatable bonds is 7. The highest BCUT2D eigenvalue weighted by atomic mass is 32.2. The number of benzene rings is 2. The van der Waals surface area contributed by atoms with E-state index in [0.717, 1.165) is 16.0 Å². The van der Waals surface area contributed by atoms with Crippen molar-refractivity contribution in [1.29, 1.82) is 0 Å². The second-order valence-corrected chi connectivity index (χ2v) is 9.80. The van der Waals surface area contributed by atoms with E-state index in [1.165, 1.54) is 27.6 Å². The highest BCUT2D eigenvalue weighted by Gasteiger charge is 2.28. The van der Waals surface area contributed by atoms with Gasteiger partial charge < -0.3 is 9.26 Å². The molecule has 0 saturated carbocycles. The van der Waals surface area contributed by atoms with Gasteiger partial charge in [-0.3, -0.25) is 9.25 Å². The minimum Gasteiger partial charge on any atom is -0.494 e. The molecule has 0 radical (unpaired) electrons. The lowest BCUT2D eigenvalue weighted by molar-refractivity contribution is 0.317. The molecule has 0 bridgehead atoms. The van der Waals surface area contributed by atoms with Crippen LogP contribution in [0.5, 0.6) is 5.75 Å². The molecule has 0 saturated heterocycles. The summed E-state index contributed by atoms with van der Waals surface area (Å²) in [6.07, 6.45) is 2.38. The minimum absolute atomic E-state index is 0.152. The van der Waals surface area contributed by atoms with Crippen molar-refractivity contribution in [3.63, 3.8) is 0 Å². The summed E-state index contributed by atoms with van der Waals surface area (Å²) < 4.78 is 41.6. The van der Waals surface area contributed by atoms with Gasteiger partial charge in [-0.2, -0.15) is 17.5 Å². The molecular formula is C23H23N5O5S. The van der Waals surface area contributed by atoms with Gasteiger partial charge in [0, 0.05) is 24.7 Å². The molecule has 11 heteroatoms. The Labute approximate surface area is 195 Å². The van der Waals surface area contributed by atoms with Crippen LogP contribution in [0.25, 0.3) is 22.0 Å². The molecule has 2 aromatic carbocycles. The third-order valence-electron chi connectivity index (χ3n) is 5.57. The maximum Gasteiger partial charge on any atom is 0.343 e. The van der Waals surface area contributed by atoms with Crippen LogP contribution in [-0.2, 0) is 23.6 Å². The molecule has 0 aliphatic carbocycles. The number of fused-ring (bicyclic) bond motifs is 2. The van der Waals surface area contributed by atoms with E-state index in [9.17, 15) is 13.2 Å². The maximum absolute atomic E-state index is 13.6. The van der Waals surface area contributed by atoms with Crippen LogP contribution in [0, 0.1) is 6.92 Å². The van der Waals surface area contributed by atoms with Crippen LogP contribution >= 0.6 is 0 Å². The predicted octanol–water partition coefficient (Wildman–Crippen LogP) is 3.06. The van der Waals surface area contributed by atoms with Crippen LogP contribution in [0.15, 0.2) is 63.0 Å². The topological polar surface area (TPSA) is 114 Å². The number of ether oxygens (including phenoxy) is 1. The smallest absolute Gasteiger partial charge is 0.343 e. The van der Waals surface area contributed by atoms with Gasteiger partial charge in [0.2, 0.25) is 0 Å². The van der Waals surface area contributed by atoms with Crippen molar-refractivity contribution in [2.24, 2.45) is 7.05 Å². The summed E-state index contributed by atoms with van der Waals surface area (Å²) in [4.78, 5) is 13.6. The maximum atomic E-state index is 13.6. The van der Waals surface area contributed by atoms with Gasteiger partial charge in [-0.1, -0.05) is 24.2 Å². The zero-order valence-electron chi connectivity index (χ0n) is 18.9. The van der Waals surface area contributed by atoms with Gasteiger partial charge in [0.1, 0.15) is 5.75 Å². The van der Waals surface area contributed by atoms with E-state index in [4.69, 9.17) is 9.26 Å². The summed E-state index contributed by atoms with van der Waals surface area (Å²) in [7, 11) is -2.65. The highest BCUT2D eigenvalue weighted by Crippen LogP contribution is 2.27. The molecular weight excluding hydrogens is 458 g/mol. The van der Waals surface area contributed by atoms with Crippen LogP contribution < -0.4 is 10.4 Å². The van der Waals surface area contributed by atoms with Crippen LogP contribution in [0.4, 0.5) is 0 Å². The molecule has 0 unspecified atom stereocenters. The van der Waals surface area contributed by atoms with Gasteiger partial charge in [0.25, 0.3) is 10.0 Å². The van der Waals surface area contributed by atoms with Gasteiger partial charge in [-0.15, -0.1) is 0 Å². The molecule has 0 fully saturated rings. The quantitative estimate of drug-likeness (QED) is 0.351. The van der Waals surface area contributed by atoms with Gasteiger partial charge in [0.05, 0.1) is 29.9 Å². The van der Waals surface area contributed by atoms with E-state index < -0.39 is 15.7 Å². The standard InChI is InChI=1S/C23H23N5O5S/c1-4-10-32-17-7-5-6-16(11-17)14-27-19-12-18-15(2)25-33-21(18)13-20(19)28(23(27)29)34(30,31)22-8-9-26(3)24-22/h5-9,11-13H,4,10,14H2,1-3H3. The first-order chi connectivity index (χ1) is 16.3. The zero-order chi connectivity index (χ0) is 24.0. The average molecular weight is 482 g/mol. The Morgan fingerprint density at radius 1 is 1.12 bits per heavy atom. The lowest BCUT2D eigenvalue weighted by Gasteiger charge is -2.08. The normalized spacial score (nSPS) is 12.1. The van der Waals surface area contributed by atoms with E-state index >= 15 is 0 Å². The number of hydrogen-bond acceptors (Lipinski definition) is 7. The van der Waals surface area contributed by atoms with Crippen LogP contribution in [0.2, 0.25) is 0 Å². The summed E-state index contributed by atoms with van der Waals surface area (Å²) in [6.45, 7) is 4.54. The number of imidazole rings is 1. The van der Waals surface area contributed by atoms with Crippen molar-refractivity contribution in [3.05, 3.63) is 70.4 Å². The molecule has 3 heterocycles. The number of aryl methyl sites for hydroxylation is 2. The summed E-state index contributed by atoms with van der Waals surface area (Å²) in [5.74, 6) is 0.689. The molecule has 5 rings (SSSR count). The summed E-state index contributed by atoms with van der Waals surface area (Å²) in [6, 6.07) is 12.0. The Morgan fingerprint density at radius 3 is 2.68 bits per heavy atom. The first-order valence-corrected chi connectivity index (χ1v) is 12.2. The fourth-order valence-corrected chi connectivity index (χ4v) is 5.28. The molecule has 0 spiro atoms. The fourth-order valence-electron chi connectivity index (χ4n) is 3.92. The third kappa shape index (κ3) is 3.58. The molecule has 0 aliphatic heterocycles. The summed E-state index contributed by atoms with van der Waals surface area (Å²) >= 11 is 0. The van der Waals surface area contributed by atoms with Crippen molar-refractivity contribution < 1.29 is 17.7 Å². The Hall–Kier alpha value is -3.86. The van der Waals surface area contributed by atoms with Crippen molar-refractivity contribution in [2.75, 3.05) is 6.61 Å². The van der Waals surface area contributed by atoms with Crippen molar-refractivity contribution in [1.82, 2.24) is 23.5 Å². The van der Waals surface area contributed by atoms with E-state index in [-0.39, 0.29) is 17.1 Å². The van der Waals surface area contributed by atoms with Crippen molar-refractivity contribution >= 4 is 32.0 Å². The molecule has 0 aliphatic rings. The largest absolute Gasteiger partial charge is 0.494 e. The van der Waals surface area contributed by atoms with Crippen molar-refractivity contribution in [2.45, 2.75) is 31.8 Å². The van der Waals surface area contributed by atoms with Crippen LogP contribution in [0.1, 0.15) is 24.6 Å². The van der Waals surface area contributed by atoms with E-state index in [0.29, 0.717) is 34.5 Å². The summed E-state index contributed by atoms with van der Waals surface area (Å²) in [5.41, 5.74) is 1.78. The molecule has 3 aromatic heterocycles. The Bertz CT molecular complexity index is 1690. The first-order valence-electron chi connectivity index (χ1n) is 10.8. The first kappa shape index (κ1) is 22.0. The molecule has 5 aromatic rings. The molecule has 0 amide bonds. The SMILES string of the molecule is CCCOc1cccc(Cn2c(=O)n(S(=O)(=O)c3ccn(C)n3)c3cc4onc(C)c4cc32)c1. The highest BCUT2D eigenvalue weighted by molar-refractivity contribution is 7.90. The summed E-state index contributed by atoms with van der Waals surface area (Å²) in [5, 5.41) is 8.47. The second kappa shape index (κ2) is 8.17. The third-order valence-corrected chi connectivity index (χ3v) is 7.15. The van der Waals surface area contributed by atoms with Crippen LogP contribution in [-0.4, -0.2) is 38.5 Å². The van der Waals surface area contributed by atoms with Gasteiger partial charge in [0.15, 0.2) is 10.6 Å². The molecule has 34 heavy (non-hydrogen) atoms. The number of aromatic nitrogens is 5. The molecule has 0 N–H and O–H groups in total. The van der Waals surface area contributed by atoms with E-state index in [1.807, 2.05) is 31.2 Å². The Balaban J connectivity index is 1.73. The van der Waals surface area contributed by atoms with Gasteiger partial charge >= 0.3 is 5.69 Å². The van der Waals surface area contributed by atoms with E-state index in [2.05, 4.69) is 10.3 Å². The molecule has 10 nitrogen and oxygen atoms in total. The van der Waals surface area contributed by atoms with Gasteiger partial charge in [-0.05, 0) is 43.2 Å². The average Bonchev–Trinajstić information content (AvgIpc) is 3.48. The van der Waals surface area contributed by atoms with Crippen LogP contribution in [0.3, 0.4) is 0 Å². The molecule has 0 atom stereocenters. The monoisotopic (exact) mass is 481 g/mol. The number of nitrogens with zero attached hydrogens (tertiary/aromatic N) is 5. The fraction of sp³-hybridized carbons (Fsp3) is 0.261. The Morgan fingerprint density at radius 2 is 1.94 bits per heavy atom. The second-order valence-electron chi connectivity index (χ2n) is 8.07. The molecule has 176 valence electrons. The number of hydrogen-bond donors (Lipinski definition) is 0. The Kier molecular flexibility index (Phi) is 5.28.